The van der Waals surface area contributed by atoms with E-state index in [1.54, 1.807) is 19.1 Å². The van der Waals surface area contributed by atoms with Crippen LogP contribution in [0.5, 0.6) is 0 Å². The van der Waals surface area contributed by atoms with Crippen LogP contribution in [0.15, 0.2) is 23.1 Å². The summed E-state index contributed by atoms with van der Waals surface area (Å²) in [6.07, 6.45) is 0. The molecule has 0 fully saturated rings. The molecule has 1 N–H and O–H groups in total. The molecule has 1 rings (SSSR count). The SMILES string of the molecule is Cc1ccc(S(=O)(=O)O)c(C)c1.[InH3]. The molecule has 0 spiro atoms. The van der Waals surface area contributed by atoms with E-state index in [4.69, 9.17) is 4.55 Å². The summed E-state index contributed by atoms with van der Waals surface area (Å²) in [5.41, 5.74) is 1.54. The van der Waals surface area contributed by atoms with Crippen molar-refractivity contribution in [3.05, 3.63) is 29.3 Å². The number of rotatable bonds is 1. The Balaban J connectivity index is 0.00000144. The fourth-order valence-corrected chi connectivity index (χ4v) is 1.79. The second-order valence-electron chi connectivity index (χ2n) is 2.74. The molecule has 13 heavy (non-hydrogen) atoms. The summed E-state index contributed by atoms with van der Waals surface area (Å²) in [7, 11) is -4.05. The topological polar surface area (TPSA) is 54.4 Å². The predicted octanol–water partition coefficient (Wildman–Crippen LogP) is 0.366. The van der Waals surface area contributed by atoms with E-state index in [1.165, 1.54) is 6.07 Å². The molecular formula is C8H13InO3S. The average Bonchev–Trinajstić information content (AvgIpc) is 1.83. The normalized spacial score (nSPS) is 10.7. The first kappa shape index (κ1) is 13.0. The van der Waals surface area contributed by atoms with Crippen molar-refractivity contribution in [3.63, 3.8) is 0 Å². The quantitative estimate of drug-likeness (QED) is 0.763. The van der Waals surface area contributed by atoms with Crippen molar-refractivity contribution in [1.29, 1.82) is 0 Å². The maximum absolute atomic E-state index is 10.7. The first-order valence-corrected chi connectivity index (χ1v) is 4.90. The Morgan fingerprint density at radius 1 is 1.23 bits per heavy atom. The van der Waals surface area contributed by atoms with Gasteiger partial charge in [-0.25, -0.2) is 0 Å². The van der Waals surface area contributed by atoms with Gasteiger partial charge in [0.05, 0.1) is 4.90 Å². The summed E-state index contributed by atoms with van der Waals surface area (Å²) < 4.78 is 30.2. The van der Waals surface area contributed by atoms with Gasteiger partial charge in [0, 0.05) is 0 Å². The predicted molar refractivity (Wildman–Crippen MR) is 55.7 cm³/mol. The van der Waals surface area contributed by atoms with E-state index in [2.05, 4.69) is 0 Å². The Bertz CT molecular complexity index is 398. The summed E-state index contributed by atoms with van der Waals surface area (Å²) in [6.45, 7) is 3.51. The Morgan fingerprint density at radius 3 is 2.15 bits per heavy atom. The zero-order chi connectivity index (χ0) is 9.35. The van der Waals surface area contributed by atoms with Crippen LogP contribution in [0.25, 0.3) is 0 Å². The Morgan fingerprint density at radius 2 is 1.77 bits per heavy atom. The van der Waals surface area contributed by atoms with E-state index in [-0.39, 0.29) is 30.7 Å². The maximum atomic E-state index is 10.7. The number of aryl methyl sites for hydroxylation is 2. The molecule has 1 aromatic carbocycles. The van der Waals surface area contributed by atoms with Crippen LogP contribution >= 0.6 is 0 Å². The first-order valence-electron chi connectivity index (χ1n) is 3.46. The molecule has 0 atom stereocenters. The monoisotopic (exact) mass is 304 g/mol. The van der Waals surface area contributed by atoms with Gasteiger partial charge in [0.25, 0.3) is 10.1 Å². The molecule has 0 bridgehead atoms. The van der Waals surface area contributed by atoms with Gasteiger partial charge in [-0.2, -0.15) is 8.42 Å². The molecule has 0 heterocycles. The fourth-order valence-electron chi connectivity index (χ4n) is 1.09. The van der Waals surface area contributed by atoms with Crippen molar-refractivity contribution < 1.29 is 13.0 Å². The molecule has 0 aliphatic rings. The van der Waals surface area contributed by atoms with Gasteiger partial charge in [0.2, 0.25) is 0 Å². The van der Waals surface area contributed by atoms with Crippen LogP contribution in [0, 0.1) is 13.8 Å². The van der Waals surface area contributed by atoms with Gasteiger partial charge in [-0.3, -0.25) is 4.55 Å². The van der Waals surface area contributed by atoms with Gasteiger partial charge in [0.15, 0.2) is 0 Å². The minimum absolute atomic E-state index is 0. The molecular weight excluding hydrogens is 291 g/mol. The van der Waals surface area contributed by atoms with Crippen LogP contribution in [-0.2, 0) is 10.1 Å². The van der Waals surface area contributed by atoms with Crippen molar-refractivity contribution in [2.24, 2.45) is 0 Å². The molecule has 0 radical (unpaired) electrons. The van der Waals surface area contributed by atoms with Crippen LogP contribution in [0.4, 0.5) is 0 Å². The number of hydrogen-bond donors (Lipinski definition) is 1. The zero-order valence-corrected chi connectivity index (χ0v) is 7.72. The van der Waals surface area contributed by atoms with Gasteiger partial charge in [-0.05, 0) is 25.5 Å². The number of hydrogen-bond acceptors (Lipinski definition) is 2. The van der Waals surface area contributed by atoms with Crippen LogP contribution in [-0.4, -0.2) is 38.8 Å². The minimum atomic E-state index is -4.05. The van der Waals surface area contributed by atoms with E-state index in [0.717, 1.165) is 5.56 Å². The van der Waals surface area contributed by atoms with Crippen LogP contribution in [0.1, 0.15) is 11.1 Å². The molecule has 0 aromatic heterocycles. The molecule has 0 aliphatic heterocycles. The van der Waals surface area contributed by atoms with Gasteiger partial charge >= 0.3 is 25.8 Å². The summed E-state index contributed by atoms with van der Waals surface area (Å²) >= 11 is 0. The van der Waals surface area contributed by atoms with Gasteiger partial charge < -0.3 is 0 Å². The Hall–Kier alpha value is 0.000130. The third-order valence-electron chi connectivity index (χ3n) is 1.61. The summed E-state index contributed by atoms with van der Waals surface area (Å²) in [4.78, 5) is -0.0203. The zero-order valence-electron chi connectivity index (χ0n) is 6.90. The van der Waals surface area contributed by atoms with Gasteiger partial charge in [-0.1, -0.05) is 17.7 Å². The Labute approximate surface area is 96.7 Å². The summed E-state index contributed by atoms with van der Waals surface area (Å²) in [5.74, 6) is 0. The van der Waals surface area contributed by atoms with E-state index in [1.807, 2.05) is 6.92 Å². The van der Waals surface area contributed by atoms with Crippen LogP contribution in [0.3, 0.4) is 0 Å². The molecule has 0 unspecified atom stereocenters. The molecule has 0 aliphatic carbocycles. The van der Waals surface area contributed by atoms with Crippen molar-refractivity contribution in [2.75, 3.05) is 0 Å². The van der Waals surface area contributed by atoms with Gasteiger partial charge in [0.1, 0.15) is 0 Å². The third kappa shape index (κ3) is 3.32. The summed E-state index contributed by atoms with van der Waals surface area (Å²) in [6, 6.07) is 4.76. The Kier molecular flexibility index (Phi) is 4.48. The standard InChI is InChI=1S/C8H10O3S.In.3H/c1-6-3-4-8(7(2)5-6)12(9,10)11;;;;/h3-5H,1-2H3,(H,9,10,11);;;;. The first-order chi connectivity index (χ1) is 5.41. The average molecular weight is 304 g/mol. The molecule has 3 nitrogen and oxygen atoms in total. The second-order valence-corrected chi connectivity index (χ2v) is 4.13. The van der Waals surface area contributed by atoms with Crippen LogP contribution in [0.2, 0.25) is 0 Å². The molecule has 1 aromatic rings. The van der Waals surface area contributed by atoms with E-state index in [0.29, 0.717) is 5.56 Å². The summed E-state index contributed by atoms with van der Waals surface area (Å²) in [5, 5.41) is 0. The third-order valence-corrected chi connectivity index (χ3v) is 2.62. The fraction of sp³-hybridized carbons (Fsp3) is 0.250. The molecule has 0 amide bonds. The number of benzene rings is 1. The van der Waals surface area contributed by atoms with Crippen molar-refractivity contribution >= 4 is 36.0 Å². The van der Waals surface area contributed by atoms with Crippen LogP contribution < -0.4 is 0 Å². The van der Waals surface area contributed by atoms with Crippen molar-refractivity contribution in [2.45, 2.75) is 18.7 Å². The molecule has 72 valence electrons. The molecule has 0 saturated heterocycles. The van der Waals surface area contributed by atoms with Gasteiger partial charge in [-0.15, -0.1) is 0 Å². The van der Waals surface area contributed by atoms with E-state index in [9.17, 15) is 8.42 Å². The molecule has 0 saturated carbocycles. The van der Waals surface area contributed by atoms with Crippen molar-refractivity contribution in [3.8, 4) is 0 Å². The second kappa shape index (κ2) is 4.48. The molecule has 5 heteroatoms. The van der Waals surface area contributed by atoms with E-state index >= 15 is 0 Å². The van der Waals surface area contributed by atoms with Crippen molar-refractivity contribution in [1.82, 2.24) is 0 Å². The van der Waals surface area contributed by atoms with E-state index < -0.39 is 10.1 Å².